The Bertz CT molecular complexity index is 533. The van der Waals surface area contributed by atoms with Crippen LogP contribution in [0.3, 0.4) is 0 Å². The molecule has 1 aliphatic rings. The summed E-state index contributed by atoms with van der Waals surface area (Å²) in [6.45, 7) is 1.50. The molecular weight excluding hydrogens is 232 g/mol. The molecule has 0 radical (unpaired) electrons. The summed E-state index contributed by atoms with van der Waals surface area (Å²) in [5.74, 6) is 1.69. The van der Waals surface area contributed by atoms with Crippen molar-refractivity contribution in [3.63, 3.8) is 0 Å². The molecule has 1 aliphatic heterocycles. The second-order valence-corrected chi connectivity index (χ2v) is 4.39. The number of benzene rings is 1. The van der Waals surface area contributed by atoms with Crippen molar-refractivity contribution in [3.8, 4) is 17.2 Å². The Morgan fingerprint density at radius 2 is 2.06 bits per heavy atom. The van der Waals surface area contributed by atoms with Crippen molar-refractivity contribution in [3.05, 3.63) is 30.1 Å². The van der Waals surface area contributed by atoms with Crippen LogP contribution in [0.2, 0.25) is 0 Å². The van der Waals surface area contributed by atoms with Crippen LogP contribution < -0.4 is 0 Å². The van der Waals surface area contributed by atoms with E-state index in [1.54, 1.807) is 18.2 Å². The fourth-order valence-electron chi connectivity index (χ4n) is 2.11. The van der Waals surface area contributed by atoms with E-state index < -0.39 is 0 Å². The van der Waals surface area contributed by atoms with E-state index in [0.29, 0.717) is 11.8 Å². The summed E-state index contributed by atoms with van der Waals surface area (Å²) >= 11 is 0. The van der Waals surface area contributed by atoms with Gasteiger partial charge in [0.05, 0.1) is 0 Å². The lowest BCUT2D eigenvalue weighted by Gasteiger charge is -2.18. The second kappa shape index (κ2) is 4.78. The third kappa shape index (κ3) is 2.22. The van der Waals surface area contributed by atoms with Crippen molar-refractivity contribution in [2.24, 2.45) is 0 Å². The van der Waals surface area contributed by atoms with Crippen molar-refractivity contribution in [2.45, 2.75) is 18.8 Å². The Morgan fingerprint density at radius 1 is 1.22 bits per heavy atom. The quantitative estimate of drug-likeness (QED) is 0.880. The average Bonchev–Trinajstić information content (AvgIpc) is 2.89. The molecule has 5 nitrogen and oxygen atoms in total. The molecule has 5 heteroatoms. The highest BCUT2D eigenvalue weighted by Crippen LogP contribution is 2.27. The zero-order valence-electron chi connectivity index (χ0n) is 9.87. The summed E-state index contributed by atoms with van der Waals surface area (Å²) in [6.07, 6.45) is 1.86. The van der Waals surface area contributed by atoms with Crippen LogP contribution in [0.25, 0.3) is 11.5 Å². The van der Waals surface area contributed by atoms with E-state index in [4.69, 9.17) is 9.26 Å². The van der Waals surface area contributed by atoms with Gasteiger partial charge in [-0.2, -0.15) is 4.98 Å². The molecule has 2 heterocycles. The first-order chi connectivity index (χ1) is 8.83. The Labute approximate surface area is 104 Å². The van der Waals surface area contributed by atoms with Gasteiger partial charge in [-0.3, -0.25) is 0 Å². The molecule has 0 bridgehead atoms. The van der Waals surface area contributed by atoms with Gasteiger partial charge in [0.1, 0.15) is 5.75 Å². The van der Waals surface area contributed by atoms with E-state index in [9.17, 15) is 5.11 Å². The van der Waals surface area contributed by atoms with Gasteiger partial charge in [0, 0.05) is 24.7 Å². The first-order valence-corrected chi connectivity index (χ1v) is 6.04. The van der Waals surface area contributed by atoms with Gasteiger partial charge in [0.15, 0.2) is 5.82 Å². The van der Waals surface area contributed by atoms with Crippen LogP contribution in [-0.4, -0.2) is 28.5 Å². The van der Waals surface area contributed by atoms with Crippen LogP contribution in [0.15, 0.2) is 28.8 Å². The zero-order chi connectivity index (χ0) is 12.4. The van der Waals surface area contributed by atoms with Crippen LogP contribution in [-0.2, 0) is 4.74 Å². The molecule has 1 fully saturated rings. The van der Waals surface area contributed by atoms with Gasteiger partial charge in [-0.05, 0) is 31.0 Å². The maximum atomic E-state index is 9.42. The fourth-order valence-corrected chi connectivity index (χ4v) is 2.11. The predicted molar refractivity (Wildman–Crippen MR) is 64.2 cm³/mol. The lowest BCUT2D eigenvalue weighted by molar-refractivity contribution is 0.0830. The Hall–Kier alpha value is -1.88. The highest BCUT2D eigenvalue weighted by molar-refractivity contribution is 5.55. The topological polar surface area (TPSA) is 68.4 Å². The van der Waals surface area contributed by atoms with E-state index >= 15 is 0 Å². The summed E-state index contributed by atoms with van der Waals surface area (Å²) in [5.41, 5.74) is 0.737. The van der Waals surface area contributed by atoms with Crippen LogP contribution >= 0.6 is 0 Å². The van der Waals surface area contributed by atoms with Gasteiger partial charge < -0.3 is 14.4 Å². The Morgan fingerprint density at radius 3 is 2.83 bits per heavy atom. The van der Waals surface area contributed by atoms with Crippen molar-refractivity contribution in [1.29, 1.82) is 0 Å². The third-order valence-electron chi connectivity index (χ3n) is 3.12. The monoisotopic (exact) mass is 246 g/mol. The number of nitrogens with zero attached hydrogens (tertiary/aromatic N) is 2. The second-order valence-electron chi connectivity index (χ2n) is 4.39. The smallest absolute Gasteiger partial charge is 0.258 e. The summed E-state index contributed by atoms with van der Waals surface area (Å²) in [4.78, 5) is 4.40. The summed E-state index contributed by atoms with van der Waals surface area (Å²) in [5, 5.41) is 13.4. The molecule has 0 spiro atoms. The molecule has 0 atom stereocenters. The number of ether oxygens (including phenoxy) is 1. The number of phenolic OH excluding ortho intramolecular Hbond substituents is 1. The first-order valence-electron chi connectivity index (χ1n) is 6.04. The average molecular weight is 246 g/mol. The predicted octanol–water partition coefficient (Wildman–Crippen LogP) is 2.34. The molecule has 94 valence electrons. The number of rotatable bonds is 2. The van der Waals surface area contributed by atoms with Gasteiger partial charge in [0.2, 0.25) is 0 Å². The number of aromatic hydroxyl groups is 1. The molecule has 1 N–H and O–H groups in total. The fraction of sp³-hybridized carbons (Fsp3) is 0.385. The number of hydrogen-bond acceptors (Lipinski definition) is 5. The van der Waals surface area contributed by atoms with Crippen molar-refractivity contribution < 1.29 is 14.4 Å². The van der Waals surface area contributed by atoms with Gasteiger partial charge >= 0.3 is 0 Å². The van der Waals surface area contributed by atoms with Crippen molar-refractivity contribution in [1.82, 2.24) is 10.1 Å². The van der Waals surface area contributed by atoms with Gasteiger partial charge in [-0.1, -0.05) is 11.2 Å². The Balaban J connectivity index is 1.84. The molecule has 0 amide bonds. The Kier molecular flexibility index (Phi) is 2.98. The maximum absolute atomic E-state index is 9.42. The number of aromatic nitrogens is 2. The van der Waals surface area contributed by atoms with E-state index in [2.05, 4.69) is 10.1 Å². The van der Waals surface area contributed by atoms with Crippen LogP contribution in [0.4, 0.5) is 0 Å². The minimum absolute atomic E-state index is 0.193. The maximum Gasteiger partial charge on any atom is 0.258 e. The molecule has 3 rings (SSSR count). The zero-order valence-corrected chi connectivity index (χ0v) is 9.87. The van der Waals surface area contributed by atoms with Crippen molar-refractivity contribution in [2.75, 3.05) is 13.2 Å². The van der Waals surface area contributed by atoms with E-state index in [0.717, 1.165) is 37.4 Å². The standard InChI is InChI=1S/C13H14N2O3/c16-11-3-1-2-10(8-11)13-14-12(15-18-13)9-4-6-17-7-5-9/h1-3,8-9,16H,4-7H2. The summed E-state index contributed by atoms with van der Waals surface area (Å²) < 4.78 is 10.6. The lowest BCUT2D eigenvalue weighted by Crippen LogP contribution is -2.15. The largest absolute Gasteiger partial charge is 0.508 e. The summed E-state index contributed by atoms with van der Waals surface area (Å²) in [7, 11) is 0. The molecular formula is C13H14N2O3. The molecule has 18 heavy (non-hydrogen) atoms. The molecule has 0 unspecified atom stereocenters. The van der Waals surface area contributed by atoms with Crippen LogP contribution in [0.1, 0.15) is 24.6 Å². The lowest BCUT2D eigenvalue weighted by atomic mass is 10.00. The number of hydrogen-bond donors (Lipinski definition) is 1. The molecule has 0 aliphatic carbocycles. The molecule has 0 saturated carbocycles. The molecule has 1 aromatic heterocycles. The first kappa shape index (κ1) is 11.2. The number of phenols is 1. The molecule has 2 aromatic rings. The highest BCUT2D eigenvalue weighted by atomic mass is 16.5. The third-order valence-corrected chi connectivity index (χ3v) is 3.12. The van der Waals surface area contributed by atoms with Crippen molar-refractivity contribution >= 4 is 0 Å². The van der Waals surface area contributed by atoms with Gasteiger partial charge in [-0.15, -0.1) is 0 Å². The van der Waals surface area contributed by atoms with E-state index in [1.165, 1.54) is 0 Å². The molecule has 1 aromatic carbocycles. The van der Waals surface area contributed by atoms with E-state index in [-0.39, 0.29) is 5.75 Å². The van der Waals surface area contributed by atoms with E-state index in [1.807, 2.05) is 6.07 Å². The SMILES string of the molecule is Oc1cccc(-c2nc(C3CCOCC3)no2)c1. The minimum atomic E-state index is 0.193. The van der Waals surface area contributed by atoms with Gasteiger partial charge in [-0.25, -0.2) is 0 Å². The highest BCUT2D eigenvalue weighted by Gasteiger charge is 2.21. The summed E-state index contributed by atoms with van der Waals surface area (Å²) in [6, 6.07) is 6.81. The van der Waals surface area contributed by atoms with Crippen LogP contribution in [0.5, 0.6) is 5.75 Å². The van der Waals surface area contributed by atoms with Gasteiger partial charge in [0.25, 0.3) is 5.89 Å². The van der Waals surface area contributed by atoms with Crippen LogP contribution in [0, 0.1) is 0 Å². The molecule has 1 saturated heterocycles. The normalized spacial score (nSPS) is 16.9. The minimum Gasteiger partial charge on any atom is -0.508 e.